The molecule has 9 nitrogen and oxygen atoms in total. The predicted octanol–water partition coefficient (Wildman–Crippen LogP) is -0.303. The molecule has 0 bridgehead atoms. The lowest BCUT2D eigenvalue weighted by molar-refractivity contribution is -0.136. The number of hydrogen-bond acceptors (Lipinski definition) is 7. The van der Waals surface area contributed by atoms with Gasteiger partial charge in [0.25, 0.3) is 11.8 Å². The molecular weight excluding hydrogens is 398 g/mol. The van der Waals surface area contributed by atoms with Crippen molar-refractivity contribution in [2.24, 2.45) is 5.73 Å². The van der Waals surface area contributed by atoms with E-state index in [1.54, 1.807) is 12.1 Å². The highest BCUT2D eigenvalue weighted by Gasteiger charge is 2.45. The summed E-state index contributed by atoms with van der Waals surface area (Å²) in [5.74, 6) is -1.86. The second kappa shape index (κ2) is 7.51. The van der Waals surface area contributed by atoms with Gasteiger partial charge in [-0.25, -0.2) is 0 Å². The molecule has 1 atom stereocenters. The summed E-state index contributed by atoms with van der Waals surface area (Å²) in [7, 11) is 0. The van der Waals surface area contributed by atoms with Gasteiger partial charge in [-0.3, -0.25) is 39.2 Å². The minimum atomic E-state index is -0.937. The number of fused-ring (bicyclic) bond motifs is 1. The molecule has 164 valence electrons. The van der Waals surface area contributed by atoms with Crippen LogP contribution in [0.15, 0.2) is 18.2 Å². The highest BCUT2D eigenvalue weighted by molar-refractivity contribution is 6.24. The van der Waals surface area contributed by atoms with E-state index in [1.807, 2.05) is 6.07 Å². The molecule has 3 N–H and O–H groups in total. The van der Waals surface area contributed by atoms with Crippen LogP contribution in [0.4, 0.5) is 0 Å². The summed E-state index contributed by atoms with van der Waals surface area (Å²) in [6.07, 6.45) is 2.48. The SMILES string of the molecule is NC1(CN2CCN(Cc3cccc4c3C(=O)N(C3CCC(=O)NC3=O)C4=O)CC2)CC1. The molecule has 4 aliphatic rings. The number of piperidine rings is 1. The van der Waals surface area contributed by atoms with Crippen LogP contribution in [0.5, 0.6) is 0 Å². The van der Waals surface area contributed by atoms with Gasteiger partial charge < -0.3 is 5.73 Å². The van der Waals surface area contributed by atoms with Crippen LogP contribution in [0.2, 0.25) is 0 Å². The fourth-order valence-electron chi connectivity index (χ4n) is 4.83. The monoisotopic (exact) mass is 425 g/mol. The molecule has 0 spiro atoms. The quantitative estimate of drug-likeness (QED) is 0.622. The van der Waals surface area contributed by atoms with Gasteiger partial charge in [0, 0.05) is 51.2 Å². The molecule has 31 heavy (non-hydrogen) atoms. The first kappa shape index (κ1) is 20.3. The predicted molar refractivity (Wildman–Crippen MR) is 111 cm³/mol. The van der Waals surface area contributed by atoms with Crippen LogP contribution in [0.3, 0.4) is 0 Å². The Morgan fingerprint density at radius 1 is 1.00 bits per heavy atom. The van der Waals surface area contributed by atoms with Gasteiger partial charge in [-0.2, -0.15) is 0 Å². The van der Waals surface area contributed by atoms with Gasteiger partial charge in [0.2, 0.25) is 11.8 Å². The van der Waals surface area contributed by atoms with Gasteiger partial charge in [-0.1, -0.05) is 12.1 Å². The van der Waals surface area contributed by atoms with E-state index in [2.05, 4.69) is 15.1 Å². The van der Waals surface area contributed by atoms with Gasteiger partial charge in [0.15, 0.2) is 0 Å². The Balaban J connectivity index is 1.29. The maximum atomic E-state index is 13.2. The van der Waals surface area contributed by atoms with Crippen LogP contribution < -0.4 is 11.1 Å². The zero-order chi connectivity index (χ0) is 21.8. The molecule has 0 radical (unpaired) electrons. The van der Waals surface area contributed by atoms with Gasteiger partial charge >= 0.3 is 0 Å². The van der Waals surface area contributed by atoms with Crippen molar-refractivity contribution in [3.8, 4) is 0 Å². The summed E-state index contributed by atoms with van der Waals surface area (Å²) < 4.78 is 0. The third-order valence-corrected chi connectivity index (χ3v) is 6.84. The second-order valence-electron chi connectivity index (χ2n) is 9.20. The van der Waals surface area contributed by atoms with Gasteiger partial charge in [0.05, 0.1) is 11.1 Å². The normalized spacial score (nSPS) is 26.2. The van der Waals surface area contributed by atoms with E-state index in [4.69, 9.17) is 5.73 Å². The summed E-state index contributed by atoms with van der Waals surface area (Å²) in [5, 5.41) is 2.23. The van der Waals surface area contributed by atoms with E-state index < -0.39 is 23.8 Å². The first-order valence-corrected chi connectivity index (χ1v) is 10.9. The minimum absolute atomic E-state index is 0.00862. The molecule has 1 aliphatic carbocycles. The summed E-state index contributed by atoms with van der Waals surface area (Å²) in [5.41, 5.74) is 7.78. The van der Waals surface area contributed by atoms with E-state index >= 15 is 0 Å². The molecule has 1 unspecified atom stereocenters. The second-order valence-corrected chi connectivity index (χ2v) is 9.20. The van der Waals surface area contributed by atoms with Crippen LogP contribution in [-0.4, -0.2) is 82.6 Å². The number of imide groups is 2. The fraction of sp³-hybridized carbons (Fsp3) is 0.545. The third kappa shape index (κ3) is 3.77. The Morgan fingerprint density at radius 2 is 1.71 bits per heavy atom. The highest BCUT2D eigenvalue weighted by Crippen LogP contribution is 2.33. The summed E-state index contributed by atoms with van der Waals surface area (Å²) in [6, 6.07) is 4.37. The van der Waals surface area contributed by atoms with Crippen LogP contribution in [0.1, 0.15) is 52.0 Å². The van der Waals surface area contributed by atoms with Crippen molar-refractivity contribution >= 4 is 23.6 Å². The molecule has 1 aromatic rings. The largest absolute Gasteiger partial charge is 0.324 e. The molecule has 5 rings (SSSR count). The van der Waals surface area contributed by atoms with Crippen molar-refractivity contribution in [3.05, 3.63) is 34.9 Å². The van der Waals surface area contributed by atoms with Crippen molar-refractivity contribution in [3.63, 3.8) is 0 Å². The van der Waals surface area contributed by atoms with Gasteiger partial charge in [0.1, 0.15) is 6.04 Å². The number of carbonyl (C=O) groups excluding carboxylic acids is 4. The first-order chi connectivity index (χ1) is 14.8. The Morgan fingerprint density at radius 3 is 2.39 bits per heavy atom. The van der Waals surface area contributed by atoms with E-state index in [0.29, 0.717) is 17.7 Å². The lowest BCUT2D eigenvalue weighted by Crippen LogP contribution is -2.54. The van der Waals surface area contributed by atoms with Crippen LogP contribution >= 0.6 is 0 Å². The maximum absolute atomic E-state index is 13.2. The molecule has 3 fully saturated rings. The van der Waals surface area contributed by atoms with Gasteiger partial charge in [-0.05, 0) is 30.9 Å². The standard InChI is InChI=1S/C22H27N5O4/c23-22(6-7-22)13-26-10-8-25(9-11-26)12-14-2-1-3-15-18(14)21(31)27(20(15)30)16-4-5-17(28)24-19(16)29/h1-3,16H,4-13,23H2,(H,24,28,29). The molecule has 2 saturated heterocycles. The topological polar surface area (TPSA) is 116 Å². The summed E-state index contributed by atoms with van der Waals surface area (Å²) >= 11 is 0. The van der Waals surface area contributed by atoms with E-state index in [1.165, 1.54) is 0 Å². The number of nitrogens with one attached hydrogen (secondary N) is 1. The Labute approximate surface area is 180 Å². The minimum Gasteiger partial charge on any atom is -0.324 e. The zero-order valence-corrected chi connectivity index (χ0v) is 17.4. The number of amides is 4. The van der Waals surface area contributed by atoms with Gasteiger partial charge in [-0.15, -0.1) is 0 Å². The van der Waals surface area contributed by atoms with E-state index in [0.717, 1.165) is 56.0 Å². The molecule has 3 heterocycles. The van der Waals surface area contributed by atoms with Crippen molar-refractivity contribution in [2.75, 3.05) is 32.7 Å². The van der Waals surface area contributed by atoms with Crippen LogP contribution in [-0.2, 0) is 16.1 Å². The zero-order valence-electron chi connectivity index (χ0n) is 17.4. The molecule has 0 aromatic heterocycles. The Bertz CT molecular complexity index is 965. The number of piperazine rings is 1. The van der Waals surface area contributed by atoms with E-state index in [-0.39, 0.29) is 24.3 Å². The number of rotatable bonds is 5. The molecule has 1 aromatic carbocycles. The van der Waals surface area contributed by atoms with Crippen molar-refractivity contribution in [2.45, 2.75) is 43.8 Å². The van der Waals surface area contributed by atoms with Crippen molar-refractivity contribution in [1.82, 2.24) is 20.0 Å². The molecule has 9 heteroatoms. The lowest BCUT2D eigenvalue weighted by Gasteiger charge is -2.36. The number of hydrogen-bond donors (Lipinski definition) is 2. The highest BCUT2D eigenvalue weighted by atomic mass is 16.2. The third-order valence-electron chi connectivity index (χ3n) is 6.84. The van der Waals surface area contributed by atoms with Crippen molar-refractivity contribution in [1.29, 1.82) is 0 Å². The van der Waals surface area contributed by atoms with E-state index in [9.17, 15) is 19.2 Å². The smallest absolute Gasteiger partial charge is 0.262 e. The molecule has 4 amide bonds. The number of carbonyl (C=O) groups is 4. The lowest BCUT2D eigenvalue weighted by atomic mass is 10.0. The Hall–Kier alpha value is -2.62. The average molecular weight is 425 g/mol. The number of nitrogens with two attached hydrogens (primary N) is 1. The first-order valence-electron chi connectivity index (χ1n) is 10.9. The number of benzene rings is 1. The molecular formula is C22H27N5O4. The van der Waals surface area contributed by atoms with Crippen molar-refractivity contribution < 1.29 is 19.2 Å². The average Bonchev–Trinajstić information content (AvgIpc) is 3.41. The summed E-state index contributed by atoms with van der Waals surface area (Å²) in [4.78, 5) is 55.6. The maximum Gasteiger partial charge on any atom is 0.262 e. The fourth-order valence-corrected chi connectivity index (χ4v) is 4.83. The van der Waals surface area contributed by atoms with Crippen LogP contribution in [0, 0.1) is 0 Å². The number of nitrogens with zero attached hydrogens (tertiary/aromatic N) is 3. The molecule has 3 aliphatic heterocycles. The van der Waals surface area contributed by atoms with Crippen LogP contribution in [0.25, 0.3) is 0 Å². The Kier molecular flexibility index (Phi) is 4.91. The molecule has 1 saturated carbocycles. The summed E-state index contributed by atoms with van der Waals surface area (Å²) in [6.45, 7) is 5.13.